The normalized spacial score (nSPS) is 16.6. The molecule has 1 fully saturated rings. The lowest BCUT2D eigenvalue weighted by Crippen LogP contribution is -2.43. The van der Waals surface area contributed by atoms with Gasteiger partial charge in [-0.2, -0.15) is 5.10 Å². The third kappa shape index (κ3) is 4.68. The van der Waals surface area contributed by atoms with E-state index in [1.807, 2.05) is 17.5 Å². The lowest BCUT2D eigenvalue weighted by Gasteiger charge is -2.32. The van der Waals surface area contributed by atoms with Gasteiger partial charge in [-0.25, -0.2) is 4.68 Å². The molecule has 1 atom stereocenters. The van der Waals surface area contributed by atoms with Gasteiger partial charge in [0.1, 0.15) is 5.82 Å². The fourth-order valence-electron chi connectivity index (χ4n) is 3.49. The summed E-state index contributed by atoms with van der Waals surface area (Å²) in [6.45, 7) is 1.68. The van der Waals surface area contributed by atoms with Crippen molar-refractivity contribution < 1.29 is 9.59 Å². The van der Waals surface area contributed by atoms with Crippen LogP contribution >= 0.6 is 22.9 Å². The highest BCUT2D eigenvalue weighted by Gasteiger charge is 2.29. The summed E-state index contributed by atoms with van der Waals surface area (Å²) < 4.78 is 1.78. The van der Waals surface area contributed by atoms with Gasteiger partial charge in [-0.1, -0.05) is 17.7 Å². The topological polar surface area (TPSA) is 67.2 Å². The average Bonchev–Trinajstić information content (AvgIpc) is 3.41. The van der Waals surface area contributed by atoms with Gasteiger partial charge >= 0.3 is 0 Å². The number of piperidine rings is 1. The van der Waals surface area contributed by atoms with E-state index < -0.39 is 0 Å². The summed E-state index contributed by atoms with van der Waals surface area (Å²) in [5.74, 6) is 0.281. The number of thiophene rings is 1. The van der Waals surface area contributed by atoms with Crippen LogP contribution in [0.3, 0.4) is 0 Å². The van der Waals surface area contributed by atoms with Crippen molar-refractivity contribution in [2.45, 2.75) is 19.4 Å². The van der Waals surface area contributed by atoms with Crippen molar-refractivity contribution in [1.29, 1.82) is 0 Å². The number of nitrogens with zero attached hydrogens (tertiary/aromatic N) is 3. The number of hydrogen-bond acceptors (Lipinski definition) is 4. The Balaban J connectivity index is 1.40. The van der Waals surface area contributed by atoms with Gasteiger partial charge in [0.05, 0.1) is 18.7 Å². The third-order valence-corrected chi connectivity index (χ3v) is 6.14. The van der Waals surface area contributed by atoms with Gasteiger partial charge in [0.15, 0.2) is 0 Å². The monoisotopic (exact) mass is 428 g/mol. The van der Waals surface area contributed by atoms with Crippen molar-refractivity contribution in [2.24, 2.45) is 5.92 Å². The van der Waals surface area contributed by atoms with Crippen molar-refractivity contribution >= 4 is 40.6 Å². The van der Waals surface area contributed by atoms with Crippen molar-refractivity contribution in [3.8, 4) is 0 Å². The summed E-state index contributed by atoms with van der Waals surface area (Å²) in [7, 11) is 0. The van der Waals surface area contributed by atoms with Crippen LogP contribution < -0.4 is 5.32 Å². The van der Waals surface area contributed by atoms with E-state index >= 15 is 0 Å². The molecule has 0 spiro atoms. The highest BCUT2D eigenvalue weighted by Crippen LogP contribution is 2.22. The maximum absolute atomic E-state index is 12.9. The van der Waals surface area contributed by atoms with Crippen LogP contribution in [-0.4, -0.2) is 39.6 Å². The molecule has 8 heteroatoms. The molecular weight excluding hydrogens is 408 g/mol. The third-order valence-electron chi connectivity index (χ3n) is 5.02. The zero-order valence-corrected chi connectivity index (χ0v) is 17.3. The van der Waals surface area contributed by atoms with Crippen LogP contribution in [0, 0.1) is 5.92 Å². The van der Waals surface area contributed by atoms with Crippen molar-refractivity contribution in [1.82, 2.24) is 14.7 Å². The predicted molar refractivity (Wildman–Crippen MR) is 114 cm³/mol. The summed E-state index contributed by atoms with van der Waals surface area (Å²) in [5.41, 5.74) is 0.587. The van der Waals surface area contributed by atoms with Gasteiger partial charge < -0.3 is 10.2 Å². The first-order chi connectivity index (χ1) is 14.1. The van der Waals surface area contributed by atoms with Gasteiger partial charge in [-0.05, 0) is 48.6 Å². The SMILES string of the molecule is O=C(Nc1ccnn1Cc1cccs1)[C@H]1CCCN(C(=O)c2ccc(Cl)cc2)C1. The van der Waals surface area contributed by atoms with E-state index in [4.69, 9.17) is 11.6 Å². The maximum atomic E-state index is 12.9. The van der Waals surface area contributed by atoms with Crippen LogP contribution in [0.2, 0.25) is 5.02 Å². The summed E-state index contributed by atoms with van der Waals surface area (Å²) in [4.78, 5) is 28.5. The maximum Gasteiger partial charge on any atom is 0.253 e. The van der Waals surface area contributed by atoms with Crippen molar-refractivity contribution in [3.63, 3.8) is 0 Å². The minimum Gasteiger partial charge on any atom is -0.338 e. The molecule has 0 radical (unpaired) electrons. The molecule has 1 N–H and O–H groups in total. The highest BCUT2D eigenvalue weighted by molar-refractivity contribution is 7.09. The highest BCUT2D eigenvalue weighted by atomic mass is 35.5. The lowest BCUT2D eigenvalue weighted by atomic mass is 9.96. The Kier molecular flexibility index (Phi) is 5.97. The zero-order chi connectivity index (χ0) is 20.2. The van der Waals surface area contributed by atoms with Crippen LogP contribution in [0.5, 0.6) is 0 Å². The Labute approximate surface area is 178 Å². The number of rotatable bonds is 5. The van der Waals surface area contributed by atoms with Crippen LogP contribution in [0.4, 0.5) is 5.82 Å². The molecule has 0 bridgehead atoms. The molecular formula is C21H21ClN4O2S. The second-order valence-electron chi connectivity index (χ2n) is 7.04. The Morgan fingerprint density at radius 1 is 1.21 bits per heavy atom. The molecule has 3 heterocycles. The average molecular weight is 429 g/mol. The molecule has 1 aromatic carbocycles. The molecule has 3 aromatic rings. The van der Waals surface area contributed by atoms with E-state index in [-0.39, 0.29) is 17.7 Å². The molecule has 29 heavy (non-hydrogen) atoms. The number of anilines is 1. The second-order valence-corrected chi connectivity index (χ2v) is 8.51. The molecule has 4 rings (SSSR count). The first-order valence-corrected chi connectivity index (χ1v) is 10.8. The number of benzene rings is 1. The fraction of sp³-hybridized carbons (Fsp3) is 0.286. The van der Waals surface area contributed by atoms with Crippen LogP contribution in [-0.2, 0) is 11.3 Å². The smallest absolute Gasteiger partial charge is 0.253 e. The van der Waals surface area contributed by atoms with E-state index in [1.165, 1.54) is 4.88 Å². The number of amides is 2. The summed E-state index contributed by atoms with van der Waals surface area (Å²) >= 11 is 7.56. The molecule has 1 aliphatic rings. The number of carbonyl (C=O) groups excluding carboxylic acids is 2. The minimum atomic E-state index is -0.245. The van der Waals surface area contributed by atoms with Gasteiger partial charge in [0.25, 0.3) is 5.91 Å². The standard InChI is InChI=1S/C21H21ClN4O2S/c22-17-7-5-15(6-8-17)21(28)25-11-1-3-16(13-25)20(27)24-19-9-10-23-26(19)14-18-4-2-12-29-18/h2,4-10,12,16H,1,3,11,13-14H2,(H,24,27)/t16-/m0/s1. The predicted octanol–water partition coefficient (Wildman–Crippen LogP) is 4.14. The molecule has 0 aliphatic carbocycles. The first-order valence-electron chi connectivity index (χ1n) is 9.50. The summed E-state index contributed by atoms with van der Waals surface area (Å²) in [6, 6.07) is 12.7. The lowest BCUT2D eigenvalue weighted by molar-refractivity contribution is -0.121. The number of halogens is 1. The number of nitrogens with one attached hydrogen (secondary N) is 1. The Morgan fingerprint density at radius 2 is 2.03 bits per heavy atom. The van der Waals surface area contributed by atoms with Crippen molar-refractivity contribution in [3.05, 3.63) is 69.5 Å². The molecule has 6 nitrogen and oxygen atoms in total. The minimum absolute atomic E-state index is 0.0677. The summed E-state index contributed by atoms with van der Waals surface area (Å²) in [6.07, 6.45) is 3.24. The Hall–Kier alpha value is -2.64. The molecule has 2 amide bonds. The molecule has 1 saturated heterocycles. The molecule has 0 saturated carbocycles. The van der Waals surface area contributed by atoms with E-state index in [1.54, 1.807) is 57.4 Å². The van der Waals surface area contributed by atoms with E-state index in [2.05, 4.69) is 10.4 Å². The molecule has 150 valence electrons. The number of aromatic nitrogens is 2. The van der Waals surface area contributed by atoms with Gasteiger partial charge in [-0.15, -0.1) is 11.3 Å². The number of carbonyl (C=O) groups is 2. The van der Waals surface area contributed by atoms with Crippen LogP contribution in [0.1, 0.15) is 28.1 Å². The van der Waals surface area contributed by atoms with Gasteiger partial charge in [0, 0.05) is 34.6 Å². The Bertz CT molecular complexity index is 985. The van der Waals surface area contributed by atoms with Crippen molar-refractivity contribution in [2.75, 3.05) is 18.4 Å². The number of hydrogen-bond donors (Lipinski definition) is 1. The largest absolute Gasteiger partial charge is 0.338 e. The first kappa shape index (κ1) is 19.7. The molecule has 1 aliphatic heterocycles. The molecule has 2 aromatic heterocycles. The van der Waals surface area contributed by atoms with Gasteiger partial charge in [-0.3, -0.25) is 9.59 Å². The van der Waals surface area contributed by atoms with E-state index in [0.29, 0.717) is 36.0 Å². The zero-order valence-electron chi connectivity index (χ0n) is 15.8. The summed E-state index contributed by atoms with van der Waals surface area (Å²) in [5, 5.41) is 9.92. The van der Waals surface area contributed by atoms with Gasteiger partial charge in [0.2, 0.25) is 5.91 Å². The van der Waals surface area contributed by atoms with Crippen LogP contribution in [0.25, 0.3) is 0 Å². The number of likely N-dealkylation sites (tertiary alicyclic amines) is 1. The Morgan fingerprint density at radius 3 is 2.79 bits per heavy atom. The molecule has 0 unspecified atom stereocenters. The van der Waals surface area contributed by atoms with E-state index in [0.717, 1.165) is 12.8 Å². The van der Waals surface area contributed by atoms with E-state index in [9.17, 15) is 9.59 Å². The fourth-order valence-corrected chi connectivity index (χ4v) is 4.31. The quantitative estimate of drug-likeness (QED) is 0.664. The second kappa shape index (κ2) is 8.80. The van der Waals surface area contributed by atoms with Crippen LogP contribution in [0.15, 0.2) is 54.0 Å².